The van der Waals surface area contributed by atoms with Crippen molar-refractivity contribution in [1.82, 2.24) is 5.32 Å². The van der Waals surface area contributed by atoms with Crippen molar-refractivity contribution in [3.63, 3.8) is 0 Å². The van der Waals surface area contributed by atoms with Crippen molar-refractivity contribution in [3.8, 4) is 5.75 Å². The van der Waals surface area contributed by atoms with Gasteiger partial charge < -0.3 is 19.5 Å². The summed E-state index contributed by atoms with van der Waals surface area (Å²) in [5.74, 6) is 0.880. The van der Waals surface area contributed by atoms with Crippen LogP contribution >= 0.6 is 0 Å². The van der Waals surface area contributed by atoms with Crippen molar-refractivity contribution < 1.29 is 14.2 Å². The van der Waals surface area contributed by atoms with Gasteiger partial charge in [-0.05, 0) is 32.8 Å². The number of nitrogens with one attached hydrogen (secondary N) is 1. The summed E-state index contributed by atoms with van der Waals surface area (Å²) >= 11 is 0. The summed E-state index contributed by atoms with van der Waals surface area (Å²) in [6.07, 6.45) is 2.78. The lowest BCUT2D eigenvalue weighted by molar-refractivity contribution is -0.0137. The SMILES string of the molecule is COc1ccccc1C(CNC1CC1)OCCOC(C)C. The molecule has 0 aromatic heterocycles. The summed E-state index contributed by atoms with van der Waals surface area (Å²) in [5.41, 5.74) is 1.10. The van der Waals surface area contributed by atoms with Gasteiger partial charge in [0.05, 0.1) is 32.5 Å². The van der Waals surface area contributed by atoms with Gasteiger partial charge in [-0.2, -0.15) is 0 Å². The predicted octanol–water partition coefficient (Wildman–Crippen LogP) is 2.93. The fourth-order valence-corrected chi connectivity index (χ4v) is 2.23. The molecule has 2 rings (SSSR count). The average molecular weight is 293 g/mol. The largest absolute Gasteiger partial charge is 0.496 e. The van der Waals surface area contributed by atoms with Gasteiger partial charge >= 0.3 is 0 Å². The third kappa shape index (κ3) is 5.65. The lowest BCUT2D eigenvalue weighted by Gasteiger charge is -2.21. The monoisotopic (exact) mass is 293 g/mol. The lowest BCUT2D eigenvalue weighted by Crippen LogP contribution is -2.26. The smallest absolute Gasteiger partial charge is 0.124 e. The number of methoxy groups -OCH3 is 1. The molecule has 1 aliphatic carbocycles. The van der Waals surface area contributed by atoms with Crippen molar-refractivity contribution >= 4 is 0 Å². The second-order valence-corrected chi connectivity index (χ2v) is 5.70. The first-order valence-electron chi connectivity index (χ1n) is 7.80. The van der Waals surface area contributed by atoms with E-state index in [9.17, 15) is 0 Å². The molecule has 1 N–H and O–H groups in total. The Labute approximate surface area is 127 Å². The van der Waals surface area contributed by atoms with Crippen LogP contribution in [-0.2, 0) is 9.47 Å². The molecular weight excluding hydrogens is 266 g/mol. The maximum Gasteiger partial charge on any atom is 0.124 e. The third-order valence-corrected chi connectivity index (χ3v) is 3.51. The summed E-state index contributed by atoms with van der Waals surface area (Å²) in [6, 6.07) is 8.72. The Balaban J connectivity index is 1.93. The minimum atomic E-state index is -0.00230. The first kappa shape index (κ1) is 16.3. The van der Waals surface area contributed by atoms with Gasteiger partial charge in [0, 0.05) is 18.2 Å². The molecule has 1 unspecified atom stereocenters. The number of hydrogen-bond donors (Lipinski definition) is 1. The van der Waals surface area contributed by atoms with Crippen LogP contribution in [0, 0.1) is 0 Å². The van der Waals surface area contributed by atoms with Crippen LogP contribution in [0.3, 0.4) is 0 Å². The predicted molar refractivity (Wildman–Crippen MR) is 83.8 cm³/mol. The number of hydrogen-bond acceptors (Lipinski definition) is 4. The van der Waals surface area contributed by atoms with Gasteiger partial charge in [-0.15, -0.1) is 0 Å². The zero-order valence-electron chi connectivity index (χ0n) is 13.3. The van der Waals surface area contributed by atoms with E-state index >= 15 is 0 Å². The van der Waals surface area contributed by atoms with E-state index in [1.807, 2.05) is 32.0 Å². The summed E-state index contributed by atoms with van der Waals surface area (Å²) in [5, 5.41) is 3.53. The van der Waals surface area contributed by atoms with Gasteiger partial charge in [-0.3, -0.25) is 0 Å². The first-order chi connectivity index (χ1) is 10.2. The molecule has 0 bridgehead atoms. The number of ether oxygens (including phenoxy) is 3. The van der Waals surface area contributed by atoms with Crippen LogP contribution < -0.4 is 10.1 Å². The highest BCUT2D eigenvalue weighted by Crippen LogP contribution is 2.28. The molecule has 21 heavy (non-hydrogen) atoms. The molecule has 0 amide bonds. The van der Waals surface area contributed by atoms with Crippen molar-refractivity contribution in [2.75, 3.05) is 26.9 Å². The Morgan fingerprint density at radius 1 is 1.14 bits per heavy atom. The van der Waals surface area contributed by atoms with Crippen LogP contribution in [0.4, 0.5) is 0 Å². The van der Waals surface area contributed by atoms with E-state index in [1.165, 1.54) is 12.8 Å². The zero-order chi connectivity index (χ0) is 15.1. The highest BCUT2D eigenvalue weighted by Gasteiger charge is 2.24. The van der Waals surface area contributed by atoms with Crippen LogP contribution in [0.15, 0.2) is 24.3 Å². The Morgan fingerprint density at radius 3 is 2.52 bits per heavy atom. The van der Waals surface area contributed by atoms with E-state index in [2.05, 4.69) is 11.4 Å². The molecule has 1 saturated carbocycles. The second-order valence-electron chi connectivity index (χ2n) is 5.70. The van der Waals surface area contributed by atoms with Crippen molar-refractivity contribution in [2.45, 2.75) is 44.9 Å². The van der Waals surface area contributed by atoms with Crippen molar-refractivity contribution in [2.24, 2.45) is 0 Å². The summed E-state index contributed by atoms with van der Waals surface area (Å²) < 4.78 is 17.0. The van der Waals surface area contributed by atoms with Gasteiger partial charge in [0.15, 0.2) is 0 Å². The van der Waals surface area contributed by atoms with Crippen molar-refractivity contribution in [3.05, 3.63) is 29.8 Å². The number of benzene rings is 1. The van der Waals surface area contributed by atoms with E-state index in [0.717, 1.165) is 17.9 Å². The maximum absolute atomic E-state index is 6.03. The van der Waals surface area contributed by atoms with Crippen molar-refractivity contribution in [1.29, 1.82) is 0 Å². The van der Waals surface area contributed by atoms with Gasteiger partial charge in [-0.25, -0.2) is 0 Å². The highest BCUT2D eigenvalue weighted by molar-refractivity contribution is 5.35. The number of para-hydroxylation sites is 1. The zero-order valence-corrected chi connectivity index (χ0v) is 13.3. The molecule has 4 nitrogen and oxygen atoms in total. The molecule has 118 valence electrons. The molecule has 1 fully saturated rings. The van der Waals surface area contributed by atoms with Gasteiger partial charge in [-0.1, -0.05) is 18.2 Å². The van der Waals surface area contributed by atoms with Crippen LogP contribution in [-0.4, -0.2) is 39.0 Å². The Morgan fingerprint density at radius 2 is 1.86 bits per heavy atom. The molecule has 0 aliphatic heterocycles. The van der Waals surface area contributed by atoms with E-state index in [-0.39, 0.29) is 12.2 Å². The minimum Gasteiger partial charge on any atom is -0.496 e. The molecule has 0 radical (unpaired) electrons. The molecule has 0 spiro atoms. The topological polar surface area (TPSA) is 39.7 Å². The Kier molecular flexibility index (Phi) is 6.49. The third-order valence-electron chi connectivity index (χ3n) is 3.51. The fraction of sp³-hybridized carbons (Fsp3) is 0.647. The van der Waals surface area contributed by atoms with E-state index in [1.54, 1.807) is 7.11 Å². The average Bonchev–Trinajstić information content (AvgIpc) is 3.30. The van der Waals surface area contributed by atoms with Crippen LogP contribution in [0.25, 0.3) is 0 Å². The molecular formula is C17H27NO3. The summed E-state index contributed by atoms with van der Waals surface area (Å²) in [6.45, 7) is 6.09. The molecule has 1 aromatic carbocycles. The van der Waals surface area contributed by atoms with Gasteiger partial charge in [0.2, 0.25) is 0 Å². The van der Waals surface area contributed by atoms with Crippen LogP contribution in [0.2, 0.25) is 0 Å². The summed E-state index contributed by atoms with van der Waals surface area (Å²) in [7, 11) is 1.70. The summed E-state index contributed by atoms with van der Waals surface area (Å²) in [4.78, 5) is 0. The highest BCUT2D eigenvalue weighted by atomic mass is 16.5. The van der Waals surface area contributed by atoms with Gasteiger partial charge in [0.1, 0.15) is 5.75 Å². The van der Waals surface area contributed by atoms with E-state index in [0.29, 0.717) is 19.3 Å². The lowest BCUT2D eigenvalue weighted by atomic mass is 10.1. The fourth-order valence-electron chi connectivity index (χ4n) is 2.23. The van der Waals surface area contributed by atoms with E-state index < -0.39 is 0 Å². The van der Waals surface area contributed by atoms with Gasteiger partial charge in [0.25, 0.3) is 0 Å². The molecule has 0 heterocycles. The quantitative estimate of drug-likeness (QED) is 0.673. The Bertz CT molecular complexity index is 418. The number of rotatable bonds is 10. The molecule has 1 aliphatic rings. The second kappa shape index (κ2) is 8.37. The van der Waals surface area contributed by atoms with E-state index in [4.69, 9.17) is 14.2 Å². The molecule has 1 aromatic rings. The van der Waals surface area contributed by atoms with Crippen LogP contribution in [0.5, 0.6) is 5.75 Å². The van der Waals surface area contributed by atoms with Crippen LogP contribution in [0.1, 0.15) is 38.4 Å². The Hall–Kier alpha value is -1.10. The molecule has 0 saturated heterocycles. The first-order valence-corrected chi connectivity index (χ1v) is 7.80. The normalized spacial score (nSPS) is 16.2. The standard InChI is InChI=1S/C17H27NO3/c1-13(2)20-10-11-21-17(12-18-14-8-9-14)15-6-4-5-7-16(15)19-3/h4-7,13-14,17-18H,8-12H2,1-3H3. The minimum absolute atomic E-state index is 0.00230. The maximum atomic E-state index is 6.03. The molecule has 1 atom stereocenters. The molecule has 4 heteroatoms.